The number of rotatable bonds is 4. The Kier molecular flexibility index (Phi) is 3.49. The van der Waals surface area contributed by atoms with Gasteiger partial charge in [-0.25, -0.2) is 4.98 Å². The predicted molar refractivity (Wildman–Crippen MR) is 77.0 cm³/mol. The van der Waals surface area contributed by atoms with Gasteiger partial charge < -0.3 is 4.74 Å². The molecule has 106 valence electrons. The molecule has 0 unspecified atom stereocenters. The molecule has 0 aliphatic carbocycles. The lowest BCUT2D eigenvalue weighted by Crippen LogP contribution is -1.97. The summed E-state index contributed by atoms with van der Waals surface area (Å²) in [6, 6.07) is 11.2. The molecule has 7 heteroatoms. The second kappa shape index (κ2) is 5.45. The molecule has 0 radical (unpaired) electrons. The third-order valence-electron chi connectivity index (χ3n) is 2.82. The molecule has 0 amide bonds. The van der Waals surface area contributed by atoms with Gasteiger partial charge in [0.1, 0.15) is 17.4 Å². The van der Waals surface area contributed by atoms with E-state index >= 15 is 0 Å². The molecule has 1 heterocycles. The highest BCUT2D eigenvalue weighted by Crippen LogP contribution is 2.25. The van der Waals surface area contributed by atoms with Crippen LogP contribution in [0.5, 0.6) is 5.75 Å². The van der Waals surface area contributed by atoms with E-state index in [-0.39, 0.29) is 12.4 Å². The van der Waals surface area contributed by atoms with Crippen LogP contribution in [0.25, 0.3) is 10.2 Å². The Hall–Kier alpha value is -2.54. The zero-order valence-electron chi connectivity index (χ0n) is 10.7. The Morgan fingerprint density at radius 3 is 2.81 bits per heavy atom. The van der Waals surface area contributed by atoms with Crippen LogP contribution >= 0.6 is 11.3 Å². The summed E-state index contributed by atoms with van der Waals surface area (Å²) in [6.45, 7) is 0.191. The second-order valence-electron chi connectivity index (χ2n) is 4.23. The first kappa shape index (κ1) is 13.4. The quantitative estimate of drug-likeness (QED) is 0.541. The minimum atomic E-state index is -0.915. The smallest absolute Gasteiger partial charge is 0.305 e. The highest BCUT2D eigenvalue weighted by Gasteiger charge is 2.14. The SMILES string of the molecule is O=[N+]([O-])c1ccc(OCc2nc3ccccc3s2)cc1F. The minimum Gasteiger partial charge on any atom is -0.486 e. The maximum atomic E-state index is 13.5. The molecule has 1 aromatic heterocycles. The molecule has 3 rings (SSSR count). The average molecular weight is 304 g/mol. The topological polar surface area (TPSA) is 65.3 Å². The maximum absolute atomic E-state index is 13.5. The number of ether oxygens (including phenoxy) is 1. The lowest BCUT2D eigenvalue weighted by Gasteiger charge is -2.03. The second-order valence-corrected chi connectivity index (χ2v) is 5.35. The number of para-hydroxylation sites is 1. The summed E-state index contributed by atoms with van der Waals surface area (Å²) in [5.74, 6) is -0.681. The number of benzene rings is 2. The summed E-state index contributed by atoms with van der Waals surface area (Å²) in [7, 11) is 0. The van der Waals surface area contributed by atoms with Crippen molar-refractivity contribution in [3.63, 3.8) is 0 Å². The van der Waals surface area contributed by atoms with Crippen molar-refractivity contribution < 1.29 is 14.1 Å². The van der Waals surface area contributed by atoms with Crippen LogP contribution in [-0.2, 0) is 6.61 Å². The van der Waals surface area contributed by atoms with Crippen molar-refractivity contribution in [2.75, 3.05) is 0 Å². The number of aromatic nitrogens is 1. The van der Waals surface area contributed by atoms with Crippen molar-refractivity contribution in [3.8, 4) is 5.75 Å². The molecule has 0 fully saturated rings. The molecule has 0 aliphatic rings. The third kappa shape index (κ3) is 2.82. The van der Waals surface area contributed by atoms with Crippen molar-refractivity contribution >= 4 is 27.2 Å². The van der Waals surface area contributed by atoms with Gasteiger partial charge in [-0.2, -0.15) is 4.39 Å². The van der Waals surface area contributed by atoms with E-state index in [1.165, 1.54) is 17.4 Å². The van der Waals surface area contributed by atoms with E-state index in [9.17, 15) is 14.5 Å². The van der Waals surface area contributed by atoms with E-state index in [0.29, 0.717) is 0 Å². The number of thiazole rings is 1. The minimum absolute atomic E-state index is 0.191. The Morgan fingerprint density at radius 2 is 2.10 bits per heavy atom. The van der Waals surface area contributed by atoms with Crippen molar-refractivity contribution in [1.29, 1.82) is 0 Å². The average Bonchev–Trinajstić information content (AvgIpc) is 2.87. The molecule has 0 spiro atoms. The number of hydrogen-bond acceptors (Lipinski definition) is 5. The van der Waals surface area contributed by atoms with Crippen LogP contribution in [0.15, 0.2) is 42.5 Å². The molecule has 0 aliphatic heterocycles. The maximum Gasteiger partial charge on any atom is 0.305 e. The summed E-state index contributed by atoms with van der Waals surface area (Å²) in [4.78, 5) is 14.1. The molecule has 0 saturated heterocycles. The van der Waals surface area contributed by atoms with Crippen LogP contribution < -0.4 is 4.74 Å². The highest BCUT2D eigenvalue weighted by molar-refractivity contribution is 7.18. The van der Waals surface area contributed by atoms with Gasteiger partial charge in [0, 0.05) is 12.1 Å². The van der Waals surface area contributed by atoms with Gasteiger partial charge in [-0.1, -0.05) is 12.1 Å². The first-order valence-corrected chi connectivity index (χ1v) is 6.86. The Morgan fingerprint density at radius 1 is 1.29 bits per heavy atom. The van der Waals surface area contributed by atoms with Gasteiger partial charge in [-0.3, -0.25) is 10.1 Å². The fourth-order valence-corrected chi connectivity index (χ4v) is 2.73. The number of hydrogen-bond donors (Lipinski definition) is 0. The first-order valence-electron chi connectivity index (χ1n) is 6.04. The van der Waals surface area contributed by atoms with E-state index in [0.717, 1.165) is 27.4 Å². The molecule has 3 aromatic rings. The van der Waals surface area contributed by atoms with Gasteiger partial charge in [-0.15, -0.1) is 11.3 Å². The summed E-state index contributed by atoms with van der Waals surface area (Å²) in [6.07, 6.45) is 0. The molecule has 21 heavy (non-hydrogen) atoms. The molecule has 0 bridgehead atoms. The number of nitro benzene ring substituents is 1. The van der Waals surface area contributed by atoms with Crippen LogP contribution in [0.1, 0.15) is 5.01 Å². The largest absolute Gasteiger partial charge is 0.486 e. The third-order valence-corrected chi connectivity index (χ3v) is 3.83. The number of fused-ring (bicyclic) bond motifs is 1. The monoisotopic (exact) mass is 304 g/mol. The first-order chi connectivity index (χ1) is 10.1. The number of nitrogens with zero attached hydrogens (tertiary/aromatic N) is 2. The van der Waals surface area contributed by atoms with Crippen LogP contribution in [0.3, 0.4) is 0 Å². The van der Waals surface area contributed by atoms with E-state index in [2.05, 4.69) is 4.98 Å². The Bertz CT molecular complexity index is 786. The summed E-state index contributed by atoms with van der Waals surface area (Å²) < 4.78 is 19.9. The molecule has 5 nitrogen and oxygen atoms in total. The fourth-order valence-electron chi connectivity index (χ4n) is 1.85. The van der Waals surface area contributed by atoms with E-state index in [1.807, 2.05) is 24.3 Å². The lowest BCUT2D eigenvalue weighted by molar-refractivity contribution is -0.387. The van der Waals surface area contributed by atoms with Crippen molar-refractivity contribution in [2.45, 2.75) is 6.61 Å². The van der Waals surface area contributed by atoms with Crippen LogP contribution in [0.4, 0.5) is 10.1 Å². The van der Waals surface area contributed by atoms with Gasteiger partial charge in [-0.05, 0) is 18.2 Å². The number of halogens is 1. The fraction of sp³-hybridized carbons (Fsp3) is 0.0714. The molecule has 0 atom stereocenters. The standard InChI is InChI=1S/C14H9FN2O3S/c15-10-7-9(5-6-12(10)17(18)19)20-8-14-16-11-3-1-2-4-13(11)21-14/h1-7H,8H2. The highest BCUT2D eigenvalue weighted by atomic mass is 32.1. The molecular weight excluding hydrogens is 295 g/mol. The van der Waals surface area contributed by atoms with Crippen molar-refractivity contribution in [2.24, 2.45) is 0 Å². The Labute approximate surface area is 122 Å². The van der Waals surface area contributed by atoms with E-state index in [4.69, 9.17) is 4.74 Å². The van der Waals surface area contributed by atoms with Gasteiger partial charge in [0.05, 0.1) is 15.1 Å². The zero-order chi connectivity index (χ0) is 14.8. The summed E-state index contributed by atoms with van der Waals surface area (Å²) in [5, 5.41) is 11.3. The van der Waals surface area contributed by atoms with Crippen LogP contribution in [0, 0.1) is 15.9 Å². The summed E-state index contributed by atoms with van der Waals surface area (Å²) in [5.41, 5.74) is 0.318. The molecular formula is C14H9FN2O3S. The van der Waals surface area contributed by atoms with Gasteiger partial charge in [0.15, 0.2) is 0 Å². The van der Waals surface area contributed by atoms with Gasteiger partial charge in [0.2, 0.25) is 5.82 Å². The normalized spacial score (nSPS) is 10.7. The molecule has 0 saturated carbocycles. The lowest BCUT2D eigenvalue weighted by atomic mass is 10.3. The van der Waals surface area contributed by atoms with Crippen LogP contribution in [-0.4, -0.2) is 9.91 Å². The molecule has 2 aromatic carbocycles. The van der Waals surface area contributed by atoms with E-state index < -0.39 is 16.4 Å². The van der Waals surface area contributed by atoms with Crippen molar-refractivity contribution in [1.82, 2.24) is 4.98 Å². The van der Waals surface area contributed by atoms with Gasteiger partial charge >= 0.3 is 5.69 Å². The molecule has 0 N–H and O–H groups in total. The zero-order valence-corrected chi connectivity index (χ0v) is 11.5. The van der Waals surface area contributed by atoms with Crippen LogP contribution in [0.2, 0.25) is 0 Å². The van der Waals surface area contributed by atoms with Crippen molar-refractivity contribution in [3.05, 3.63) is 63.4 Å². The number of nitro groups is 1. The summed E-state index contributed by atoms with van der Waals surface area (Å²) >= 11 is 1.49. The predicted octanol–water partition coefficient (Wildman–Crippen LogP) is 3.92. The van der Waals surface area contributed by atoms with E-state index in [1.54, 1.807) is 0 Å². The Balaban J connectivity index is 1.75. The van der Waals surface area contributed by atoms with Gasteiger partial charge in [0.25, 0.3) is 0 Å².